The number of ketones is 1. The van der Waals surface area contributed by atoms with Gasteiger partial charge in [0.2, 0.25) is 0 Å². The van der Waals surface area contributed by atoms with Gasteiger partial charge in [0.25, 0.3) is 0 Å². The Morgan fingerprint density at radius 2 is 2.25 bits per heavy atom. The Balaban J connectivity index is 2.25. The molecular formula is C12H20O4. The summed E-state index contributed by atoms with van der Waals surface area (Å²) >= 11 is 0. The van der Waals surface area contributed by atoms with E-state index in [4.69, 9.17) is 9.84 Å². The van der Waals surface area contributed by atoms with Gasteiger partial charge in [-0.15, -0.1) is 0 Å². The maximum atomic E-state index is 11.9. The monoisotopic (exact) mass is 228 g/mol. The Bertz CT molecular complexity index is 291. The summed E-state index contributed by atoms with van der Waals surface area (Å²) < 4.78 is 5.59. The third kappa shape index (κ3) is 1.51. The normalized spacial score (nSPS) is 43.4. The van der Waals surface area contributed by atoms with Crippen LogP contribution in [0.3, 0.4) is 0 Å². The summed E-state index contributed by atoms with van der Waals surface area (Å²) in [5, 5.41) is 19.5. The fraction of sp³-hybridized carbons (Fsp3) is 0.917. The van der Waals surface area contributed by atoms with Crippen LogP contribution in [0.5, 0.6) is 0 Å². The van der Waals surface area contributed by atoms with Gasteiger partial charge in [-0.25, -0.2) is 0 Å². The fourth-order valence-electron chi connectivity index (χ4n) is 3.34. The highest BCUT2D eigenvalue weighted by molar-refractivity contribution is 5.91. The van der Waals surface area contributed by atoms with Crippen molar-refractivity contribution < 1.29 is 19.7 Å². The molecule has 4 heteroatoms. The van der Waals surface area contributed by atoms with Crippen LogP contribution in [0.1, 0.15) is 39.0 Å². The second kappa shape index (κ2) is 4.09. The first-order valence-corrected chi connectivity index (χ1v) is 6.05. The minimum Gasteiger partial charge on any atom is -0.394 e. The zero-order valence-electron chi connectivity index (χ0n) is 9.74. The molecule has 0 aromatic heterocycles. The predicted molar refractivity (Wildman–Crippen MR) is 58.0 cm³/mol. The Morgan fingerprint density at radius 3 is 2.94 bits per heavy atom. The molecule has 3 unspecified atom stereocenters. The van der Waals surface area contributed by atoms with Crippen LogP contribution in [-0.2, 0) is 9.53 Å². The van der Waals surface area contributed by atoms with Gasteiger partial charge in [0.1, 0.15) is 5.60 Å². The average molecular weight is 228 g/mol. The van der Waals surface area contributed by atoms with E-state index in [0.29, 0.717) is 12.8 Å². The molecule has 0 aromatic carbocycles. The van der Waals surface area contributed by atoms with E-state index in [1.165, 1.54) is 0 Å². The molecule has 2 aliphatic carbocycles. The summed E-state index contributed by atoms with van der Waals surface area (Å²) in [4.78, 5) is 11.9. The van der Waals surface area contributed by atoms with Crippen LogP contribution >= 0.6 is 0 Å². The number of fused-ring (bicyclic) bond motifs is 1. The zero-order valence-corrected chi connectivity index (χ0v) is 9.74. The van der Waals surface area contributed by atoms with E-state index in [0.717, 1.165) is 19.3 Å². The zero-order chi connectivity index (χ0) is 11.8. The molecule has 0 heterocycles. The Kier molecular flexibility index (Phi) is 3.07. The van der Waals surface area contributed by atoms with Gasteiger partial charge in [-0.3, -0.25) is 4.79 Å². The Morgan fingerprint density at radius 1 is 1.50 bits per heavy atom. The standard InChI is InChI=1S/C12H20O4/c1-11(16-8-7-13)6-2-3-9-4-5-10(14)12(9,11)15/h9,13,15H,2-8H2,1H3. The average Bonchev–Trinajstić information content (AvgIpc) is 2.56. The highest BCUT2D eigenvalue weighted by atomic mass is 16.5. The largest absolute Gasteiger partial charge is 0.394 e. The predicted octanol–water partition coefficient (Wildman–Crippen LogP) is 0.648. The van der Waals surface area contributed by atoms with Gasteiger partial charge in [0.15, 0.2) is 11.4 Å². The lowest BCUT2D eigenvalue weighted by Gasteiger charge is -2.48. The van der Waals surface area contributed by atoms with Crippen molar-refractivity contribution in [1.29, 1.82) is 0 Å². The van der Waals surface area contributed by atoms with Crippen LogP contribution in [0.25, 0.3) is 0 Å². The van der Waals surface area contributed by atoms with E-state index in [-0.39, 0.29) is 24.9 Å². The molecule has 0 aliphatic heterocycles. The maximum absolute atomic E-state index is 11.9. The molecule has 2 saturated carbocycles. The van der Waals surface area contributed by atoms with Crippen LogP contribution < -0.4 is 0 Å². The molecule has 0 amide bonds. The molecule has 0 saturated heterocycles. The van der Waals surface area contributed by atoms with Crippen molar-refractivity contribution in [2.45, 2.75) is 50.2 Å². The number of ether oxygens (including phenoxy) is 1. The van der Waals surface area contributed by atoms with Crippen LogP contribution in [-0.4, -0.2) is 40.4 Å². The molecule has 2 fully saturated rings. The maximum Gasteiger partial charge on any atom is 0.167 e. The molecule has 2 rings (SSSR count). The second-order valence-electron chi connectivity index (χ2n) is 5.12. The molecule has 0 spiro atoms. The first kappa shape index (κ1) is 12.0. The van der Waals surface area contributed by atoms with E-state index in [1.807, 2.05) is 0 Å². The smallest absolute Gasteiger partial charge is 0.167 e. The number of Topliss-reactive ketones (excluding diaryl/α,β-unsaturated/α-hetero) is 1. The SMILES string of the molecule is CC1(OCCO)CCCC2CCC(=O)C21O. The van der Waals surface area contributed by atoms with Gasteiger partial charge in [-0.1, -0.05) is 6.42 Å². The molecule has 16 heavy (non-hydrogen) atoms. The van der Waals surface area contributed by atoms with Gasteiger partial charge in [-0.05, 0) is 32.1 Å². The molecule has 2 N–H and O–H groups in total. The van der Waals surface area contributed by atoms with Gasteiger partial charge in [-0.2, -0.15) is 0 Å². The van der Waals surface area contributed by atoms with E-state index in [9.17, 15) is 9.90 Å². The summed E-state index contributed by atoms with van der Waals surface area (Å²) in [6, 6.07) is 0. The summed E-state index contributed by atoms with van der Waals surface area (Å²) in [6.07, 6.45) is 3.79. The lowest BCUT2D eigenvalue weighted by atomic mass is 9.67. The Labute approximate surface area is 95.6 Å². The number of hydrogen-bond acceptors (Lipinski definition) is 4. The van der Waals surface area contributed by atoms with Gasteiger partial charge < -0.3 is 14.9 Å². The quantitative estimate of drug-likeness (QED) is 0.744. The van der Waals surface area contributed by atoms with Crippen molar-refractivity contribution in [1.82, 2.24) is 0 Å². The van der Waals surface area contributed by atoms with E-state index in [2.05, 4.69) is 0 Å². The molecule has 2 aliphatic rings. The molecule has 3 atom stereocenters. The lowest BCUT2D eigenvalue weighted by molar-refractivity contribution is -0.209. The summed E-state index contributed by atoms with van der Waals surface area (Å²) in [7, 11) is 0. The summed E-state index contributed by atoms with van der Waals surface area (Å²) in [6.45, 7) is 1.90. The highest BCUT2D eigenvalue weighted by Crippen LogP contribution is 2.50. The molecular weight excluding hydrogens is 208 g/mol. The van der Waals surface area contributed by atoms with Gasteiger partial charge in [0.05, 0.1) is 13.2 Å². The minimum absolute atomic E-state index is 0.0393. The van der Waals surface area contributed by atoms with Crippen LogP contribution in [0, 0.1) is 5.92 Å². The van der Waals surface area contributed by atoms with E-state index < -0.39 is 11.2 Å². The van der Waals surface area contributed by atoms with Crippen LogP contribution in [0.4, 0.5) is 0 Å². The van der Waals surface area contributed by atoms with E-state index >= 15 is 0 Å². The minimum atomic E-state index is -1.32. The van der Waals surface area contributed by atoms with Crippen molar-refractivity contribution in [3.63, 3.8) is 0 Å². The van der Waals surface area contributed by atoms with Crippen molar-refractivity contribution in [2.24, 2.45) is 5.92 Å². The van der Waals surface area contributed by atoms with Gasteiger partial charge in [0, 0.05) is 6.42 Å². The molecule has 0 aromatic rings. The molecule has 4 nitrogen and oxygen atoms in total. The van der Waals surface area contributed by atoms with Crippen molar-refractivity contribution in [3.05, 3.63) is 0 Å². The number of aliphatic hydroxyl groups excluding tert-OH is 1. The number of rotatable bonds is 3. The number of hydrogen-bond donors (Lipinski definition) is 2. The van der Waals surface area contributed by atoms with Crippen LogP contribution in [0.2, 0.25) is 0 Å². The summed E-state index contributed by atoms with van der Waals surface area (Å²) in [5.74, 6) is -0.0462. The Hall–Kier alpha value is -0.450. The number of carbonyl (C=O) groups is 1. The third-order valence-electron chi connectivity index (χ3n) is 4.26. The number of aliphatic hydroxyl groups is 2. The number of carbonyl (C=O) groups excluding carboxylic acids is 1. The first-order valence-electron chi connectivity index (χ1n) is 6.05. The van der Waals surface area contributed by atoms with Crippen molar-refractivity contribution in [2.75, 3.05) is 13.2 Å². The highest BCUT2D eigenvalue weighted by Gasteiger charge is 2.62. The fourth-order valence-corrected chi connectivity index (χ4v) is 3.34. The molecule has 92 valence electrons. The van der Waals surface area contributed by atoms with Crippen molar-refractivity contribution in [3.8, 4) is 0 Å². The topological polar surface area (TPSA) is 66.8 Å². The van der Waals surface area contributed by atoms with E-state index in [1.54, 1.807) is 6.92 Å². The van der Waals surface area contributed by atoms with Crippen LogP contribution in [0.15, 0.2) is 0 Å². The van der Waals surface area contributed by atoms with Crippen molar-refractivity contribution >= 4 is 5.78 Å². The van der Waals surface area contributed by atoms with Gasteiger partial charge >= 0.3 is 0 Å². The first-order chi connectivity index (χ1) is 7.54. The molecule has 0 bridgehead atoms. The third-order valence-corrected chi connectivity index (χ3v) is 4.26. The summed E-state index contributed by atoms with van der Waals surface area (Å²) in [5.41, 5.74) is -2.13. The molecule has 0 radical (unpaired) electrons. The lowest BCUT2D eigenvalue weighted by Crippen LogP contribution is -2.62. The second-order valence-corrected chi connectivity index (χ2v) is 5.12.